The number of hydrogen-bond donors (Lipinski definition) is 0. The van der Waals surface area contributed by atoms with Crippen LogP contribution in [0.3, 0.4) is 0 Å². The summed E-state index contributed by atoms with van der Waals surface area (Å²) in [6.45, 7) is 9.15. The monoisotopic (exact) mass is 461 g/mol. The molecule has 1 saturated heterocycles. The second kappa shape index (κ2) is 9.51. The Labute approximate surface area is 197 Å². The molecule has 0 unspecified atom stereocenters. The number of anilines is 1. The van der Waals surface area contributed by atoms with E-state index in [1.54, 1.807) is 23.7 Å². The highest BCUT2D eigenvalue weighted by Crippen LogP contribution is 2.33. The van der Waals surface area contributed by atoms with Gasteiger partial charge in [0.15, 0.2) is 5.13 Å². The number of carbonyl (C=O) groups is 1. The zero-order chi connectivity index (χ0) is 22.8. The second-order valence-corrected chi connectivity index (χ2v) is 9.38. The maximum Gasteiger partial charge on any atom is 0.260 e. The van der Waals surface area contributed by atoms with Crippen LogP contribution in [0.25, 0.3) is 21.3 Å². The SMILES string of the molecule is Cc1ccc2sc(N(CCCN3CCOCC3)C(=O)c3ccc4nccnc4c3)nc2c1C. The molecule has 0 radical (unpaired) electrons. The normalized spacial score (nSPS) is 14.7. The van der Waals surface area contributed by atoms with Crippen LogP contribution in [-0.4, -0.2) is 65.2 Å². The van der Waals surface area contributed by atoms with Crippen molar-refractivity contribution in [1.82, 2.24) is 19.9 Å². The standard InChI is InChI=1S/C25H27N5O2S/c1-17-4-7-22-23(18(17)2)28-25(33-22)30(11-3-10-29-12-14-32-15-13-29)24(31)19-5-6-20-21(16-19)27-9-8-26-20/h4-9,16H,3,10-15H2,1-2H3. The molecule has 2 aromatic carbocycles. The van der Waals surface area contributed by atoms with Crippen molar-refractivity contribution in [3.05, 3.63) is 59.4 Å². The first-order valence-corrected chi connectivity index (χ1v) is 12.1. The molecule has 0 aliphatic carbocycles. The molecule has 5 rings (SSSR count). The minimum Gasteiger partial charge on any atom is -0.379 e. The third-order valence-electron chi connectivity index (χ3n) is 6.23. The summed E-state index contributed by atoms with van der Waals surface area (Å²) in [6.07, 6.45) is 4.18. The van der Waals surface area contributed by atoms with Crippen molar-refractivity contribution in [3.8, 4) is 0 Å². The van der Waals surface area contributed by atoms with E-state index < -0.39 is 0 Å². The van der Waals surface area contributed by atoms with Gasteiger partial charge in [-0.05, 0) is 55.7 Å². The molecule has 0 atom stereocenters. The number of nitrogens with zero attached hydrogens (tertiary/aromatic N) is 5. The van der Waals surface area contributed by atoms with Crippen LogP contribution in [-0.2, 0) is 4.74 Å². The van der Waals surface area contributed by atoms with Gasteiger partial charge >= 0.3 is 0 Å². The third-order valence-corrected chi connectivity index (χ3v) is 7.27. The largest absolute Gasteiger partial charge is 0.379 e. The molecule has 2 aromatic heterocycles. The summed E-state index contributed by atoms with van der Waals surface area (Å²) < 4.78 is 6.56. The van der Waals surface area contributed by atoms with Crippen molar-refractivity contribution < 1.29 is 9.53 Å². The molecule has 0 N–H and O–H groups in total. The topological polar surface area (TPSA) is 71.5 Å². The van der Waals surface area contributed by atoms with Gasteiger partial charge in [-0.25, -0.2) is 4.98 Å². The quantitative estimate of drug-likeness (QED) is 0.428. The van der Waals surface area contributed by atoms with Crippen LogP contribution in [0, 0.1) is 13.8 Å². The van der Waals surface area contributed by atoms with Crippen molar-refractivity contribution in [2.24, 2.45) is 0 Å². The van der Waals surface area contributed by atoms with Gasteiger partial charge in [-0.3, -0.25) is 24.6 Å². The lowest BCUT2D eigenvalue weighted by Crippen LogP contribution is -2.39. The van der Waals surface area contributed by atoms with Crippen molar-refractivity contribution in [1.29, 1.82) is 0 Å². The fourth-order valence-electron chi connectivity index (χ4n) is 4.14. The summed E-state index contributed by atoms with van der Waals surface area (Å²) in [5, 5.41) is 0.741. The van der Waals surface area contributed by atoms with E-state index in [1.807, 2.05) is 23.1 Å². The molecule has 4 aromatic rings. The smallest absolute Gasteiger partial charge is 0.260 e. The molecule has 0 spiro atoms. The number of carbonyl (C=O) groups excluding carboxylic acids is 1. The van der Waals surface area contributed by atoms with Gasteiger partial charge in [-0.15, -0.1) is 0 Å². The molecular weight excluding hydrogens is 434 g/mol. The molecule has 33 heavy (non-hydrogen) atoms. The van der Waals surface area contributed by atoms with E-state index in [-0.39, 0.29) is 5.91 Å². The molecule has 8 heteroatoms. The number of morpholine rings is 1. The number of fused-ring (bicyclic) bond motifs is 2. The summed E-state index contributed by atoms with van der Waals surface area (Å²) in [5.74, 6) is -0.0574. The van der Waals surface area contributed by atoms with E-state index in [0.717, 1.165) is 65.7 Å². The number of aromatic nitrogens is 3. The number of amides is 1. The van der Waals surface area contributed by atoms with Crippen LogP contribution in [0.1, 0.15) is 27.9 Å². The zero-order valence-corrected chi connectivity index (χ0v) is 19.8. The Morgan fingerprint density at radius 1 is 1.09 bits per heavy atom. The van der Waals surface area contributed by atoms with Gasteiger partial charge in [0.25, 0.3) is 5.91 Å². The lowest BCUT2D eigenvalue weighted by Gasteiger charge is -2.27. The van der Waals surface area contributed by atoms with Crippen molar-refractivity contribution in [3.63, 3.8) is 0 Å². The molecule has 1 aliphatic heterocycles. The summed E-state index contributed by atoms with van der Waals surface area (Å²) in [4.78, 5) is 31.5. The molecule has 1 aliphatic rings. The second-order valence-electron chi connectivity index (χ2n) is 8.37. The number of rotatable bonds is 6. The van der Waals surface area contributed by atoms with Crippen molar-refractivity contribution in [2.45, 2.75) is 20.3 Å². The van der Waals surface area contributed by atoms with Gasteiger partial charge in [0.2, 0.25) is 0 Å². The Hall–Kier alpha value is -2.94. The van der Waals surface area contributed by atoms with Gasteiger partial charge in [-0.1, -0.05) is 17.4 Å². The lowest BCUT2D eigenvalue weighted by molar-refractivity contribution is 0.0376. The lowest BCUT2D eigenvalue weighted by atomic mass is 10.1. The average Bonchev–Trinajstić information content (AvgIpc) is 3.29. The number of thiazole rings is 1. The Morgan fingerprint density at radius 3 is 2.70 bits per heavy atom. The molecular formula is C25H27N5O2S. The minimum absolute atomic E-state index is 0.0574. The number of aryl methyl sites for hydroxylation is 2. The van der Waals surface area contributed by atoms with E-state index in [1.165, 1.54) is 5.56 Å². The Balaban J connectivity index is 1.45. The molecule has 0 saturated carbocycles. The van der Waals surface area contributed by atoms with Gasteiger partial charge in [0, 0.05) is 44.1 Å². The Bertz CT molecular complexity index is 1300. The zero-order valence-electron chi connectivity index (χ0n) is 19.0. The number of ether oxygens (including phenoxy) is 1. The fourth-order valence-corrected chi connectivity index (χ4v) is 5.19. The van der Waals surface area contributed by atoms with Gasteiger partial charge < -0.3 is 4.74 Å². The van der Waals surface area contributed by atoms with E-state index in [4.69, 9.17) is 9.72 Å². The summed E-state index contributed by atoms with van der Waals surface area (Å²) in [5.41, 5.74) is 5.44. The first-order chi connectivity index (χ1) is 16.1. The fraction of sp³-hybridized carbons (Fsp3) is 0.360. The van der Waals surface area contributed by atoms with E-state index in [2.05, 4.69) is 40.8 Å². The summed E-state index contributed by atoms with van der Waals surface area (Å²) in [7, 11) is 0. The predicted octanol–water partition coefficient (Wildman–Crippen LogP) is 4.23. The highest BCUT2D eigenvalue weighted by molar-refractivity contribution is 7.22. The maximum atomic E-state index is 13.7. The summed E-state index contributed by atoms with van der Waals surface area (Å²) >= 11 is 1.57. The highest BCUT2D eigenvalue weighted by atomic mass is 32.1. The number of hydrogen-bond acceptors (Lipinski definition) is 7. The molecule has 0 bridgehead atoms. The number of benzene rings is 2. The van der Waals surface area contributed by atoms with Gasteiger partial charge in [0.05, 0.1) is 34.5 Å². The van der Waals surface area contributed by atoms with E-state index in [0.29, 0.717) is 17.6 Å². The van der Waals surface area contributed by atoms with Crippen LogP contribution < -0.4 is 4.90 Å². The molecule has 1 fully saturated rings. The predicted molar refractivity (Wildman–Crippen MR) is 132 cm³/mol. The maximum absolute atomic E-state index is 13.7. The van der Waals surface area contributed by atoms with E-state index >= 15 is 0 Å². The molecule has 170 valence electrons. The molecule has 7 nitrogen and oxygen atoms in total. The molecule has 3 heterocycles. The van der Waals surface area contributed by atoms with Crippen LogP contribution >= 0.6 is 11.3 Å². The van der Waals surface area contributed by atoms with Crippen LogP contribution in [0.5, 0.6) is 0 Å². The van der Waals surface area contributed by atoms with Crippen molar-refractivity contribution >= 4 is 43.6 Å². The summed E-state index contributed by atoms with van der Waals surface area (Å²) in [6, 6.07) is 9.72. The van der Waals surface area contributed by atoms with Crippen molar-refractivity contribution in [2.75, 3.05) is 44.3 Å². The van der Waals surface area contributed by atoms with Crippen LogP contribution in [0.2, 0.25) is 0 Å². The van der Waals surface area contributed by atoms with Gasteiger partial charge in [0.1, 0.15) is 0 Å². The Kier molecular flexibility index (Phi) is 6.30. The van der Waals surface area contributed by atoms with Gasteiger partial charge in [-0.2, -0.15) is 0 Å². The van der Waals surface area contributed by atoms with E-state index in [9.17, 15) is 4.79 Å². The average molecular weight is 462 g/mol. The minimum atomic E-state index is -0.0574. The highest BCUT2D eigenvalue weighted by Gasteiger charge is 2.23. The first kappa shape index (κ1) is 21.9. The van der Waals surface area contributed by atoms with Crippen LogP contribution in [0.4, 0.5) is 5.13 Å². The first-order valence-electron chi connectivity index (χ1n) is 11.3. The Morgan fingerprint density at radius 2 is 1.88 bits per heavy atom. The van der Waals surface area contributed by atoms with Crippen LogP contribution in [0.15, 0.2) is 42.7 Å². The third kappa shape index (κ3) is 4.59. The molecule has 1 amide bonds.